The van der Waals surface area contributed by atoms with Gasteiger partial charge in [-0.1, -0.05) is 72.8 Å². The van der Waals surface area contributed by atoms with E-state index in [1.165, 1.54) is 11.1 Å². The zero-order valence-corrected chi connectivity index (χ0v) is 20.6. The normalized spacial score (nSPS) is 12.7. The molecule has 4 aromatic rings. The van der Waals surface area contributed by atoms with Gasteiger partial charge in [0.25, 0.3) is 0 Å². The van der Waals surface area contributed by atoms with Gasteiger partial charge in [-0.15, -0.1) is 0 Å². The Morgan fingerprint density at radius 1 is 0.750 bits per heavy atom. The summed E-state index contributed by atoms with van der Waals surface area (Å²) in [6.45, 7) is 0. The smallest absolute Gasteiger partial charge is 0.235 e. The van der Waals surface area contributed by atoms with Gasteiger partial charge in [0.1, 0.15) is 11.5 Å². The second-order valence-corrected chi connectivity index (χ2v) is 8.89. The quantitative estimate of drug-likeness (QED) is 0.309. The molecule has 36 heavy (non-hydrogen) atoms. The van der Waals surface area contributed by atoms with Gasteiger partial charge < -0.3 is 9.47 Å². The number of amides is 1. The Balaban J connectivity index is 1.45. The number of methoxy groups -OCH3 is 2. The zero-order chi connectivity index (χ0) is 24.9. The summed E-state index contributed by atoms with van der Waals surface area (Å²) in [4.78, 5) is 15.3. The molecule has 1 aliphatic rings. The second-order valence-electron chi connectivity index (χ2n) is 8.89. The molecule has 5 rings (SSSR count). The van der Waals surface area contributed by atoms with Crippen molar-refractivity contribution < 1.29 is 14.3 Å². The van der Waals surface area contributed by atoms with E-state index in [9.17, 15) is 4.79 Å². The fourth-order valence-corrected chi connectivity index (χ4v) is 4.79. The lowest BCUT2D eigenvalue weighted by atomic mass is 9.92. The number of ether oxygens (including phenoxy) is 2. The predicted molar refractivity (Wildman–Crippen MR) is 145 cm³/mol. The molecule has 1 aliphatic heterocycles. The summed E-state index contributed by atoms with van der Waals surface area (Å²) in [6.07, 6.45) is 5.63. The van der Waals surface area contributed by atoms with E-state index < -0.39 is 0 Å². The van der Waals surface area contributed by atoms with Crippen LogP contribution in [0.5, 0.6) is 11.5 Å². The third-order valence-corrected chi connectivity index (χ3v) is 6.65. The molecular weight excluding hydrogens is 446 g/mol. The average Bonchev–Trinajstić information content (AvgIpc) is 3.09. The van der Waals surface area contributed by atoms with Crippen LogP contribution in [0.2, 0.25) is 0 Å². The summed E-state index contributed by atoms with van der Waals surface area (Å²) in [5.41, 5.74) is 7.35. The molecule has 0 atom stereocenters. The van der Waals surface area contributed by atoms with Gasteiger partial charge >= 0.3 is 0 Å². The Labute approximate surface area is 212 Å². The van der Waals surface area contributed by atoms with Gasteiger partial charge in [-0.3, -0.25) is 9.69 Å². The van der Waals surface area contributed by atoms with E-state index >= 15 is 0 Å². The van der Waals surface area contributed by atoms with E-state index in [-0.39, 0.29) is 12.3 Å². The van der Waals surface area contributed by atoms with Crippen LogP contribution in [-0.4, -0.2) is 20.1 Å². The molecule has 1 heterocycles. The van der Waals surface area contributed by atoms with Crippen molar-refractivity contribution in [3.8, 4) is 11.5 Å². The first kappa shape index (κ1) is 23.4. The monoisotopic (exact) mass is 475 g/mol. The fraction of sp³-hybridized carbons (Fsp3) is 0.156. The highest BCUT2D eigenvalue weighted by molar-refractivity contribution is 5.99. The SMILES string of the molecule is COc1cc(N2C=Cc3ccc(OC)c(Cc4ccccc4)c3CC2=O)ccc1Cc1ccccc1. The van der Waals surface area contributed by atoms with E-state index in [0.717, 1.165) is 45.9 Å². The Kier molecular flexibility index (Phi) is 6.85. The molecule has 4 heteroatoms. The summed E-state index contributed by atoms with van der Waals surface area (Å²) >= 11 is 0. The van der Waals surface area contributed by atoms with Gasteiger partial charge in [0, 0.05) is 30.7 Å². The number of anilines is 1. The largest absolute Gasteiger partial charge is 0.496 e. The number of nitrogens with zero attached hydrogens (tertiary/aromatic N) is 1. The molecule has 1 amide bonds. The molecule has 0 radical (unpaired) electrons. The first-order valence-electron chi connectivity index (χ1n) is 12.1. The maximum atomic E-state index is 13.6. The molecule has 0 bridgehead atoms. The van der Waals surface area contributed by atoms with Crippen molar-refractivity contribution in [2.75, 3.05) is 19.1 Å². The van der Waals surface area contributed by atoms with Gasteiger partial charge in [0.15, 0.2) is 0 Å². The van der Waals surface area contributed by atoms with Gasteiger partial charge in [-0.25, -0.2) is 0 Å². The highest BCUT2D eigenvalue weighted by atomic mass is 16.5. The number of fused-ring (bicyclic) bond motifs is 1. The number of carbonyl (C=O) groups excluding carboxylic acids is 1. The Hall–Kier alpha value is -4.31. The topological polar surface area (TPSA) is 38.8 Å². The fourth-order valence-electron chi connectivity index (χ4n) is 4.79. The number of carbonyl (C=O) groups is 1. The molecule has 0 aliphatic carbocycles. The van der Waals surface area contributed by atoms with Crippen molar-refractivity contribution in [3.63, 3.8) is 0 Å². The van der Waals surface area contributed by atoms with Crippen LogP contribution in [0.25, 0.3) is 6.08 Å². The van der Waals surface area contributed by atoms with Gasteiger partial charge in [-0.2, -0.15) is 0 Å². The standard InChI is InChI=1S/C32H29NO3/c1-35-30-16-14-25-17-18-33(32(34)22-28(25)29(30)20-24-11-7-4-8-12-24)27-15-13-26(31(21-27)36-2)19-23-9-5-3-6-10-23/h3-18,21H,19-20,22H2,1-2H3. The first-order valence-corrected chi connectivity index (χ1v) is 12.1. The average molecular weight is 476 g/mol. The van der Waals surface area contributed by atoms with Crippen LogP contribution in [0.4, 0.5) is 5.69 Å². The van der Waals surface area contributed by atoms with Crippen LogP contribution in [-0.2, 0) is 24.1 Å². The van der Waals surface area contributed by atoms with Crippen LogP contribution in [0.15, 0.2) is 97.2 Å². The van der Waals surface area contributed by atoms with Crippen LogP contribution >= 0.6 is 0 Å². The van der Waals surface area contributed by atoms with Crippen molar-refractivity contribution in [2.45, 2.75) is 19.3 Å². The van der Waals surface area contributed by atoms with E-state index in [0.29, 0.717) is 6.42 Å². The lowest BCUT2D eigenvalue weighted by Gasteiger charge is -2.20. The van der Waals surface area contributed by atoms with Crippen LogP contribution in [0.3, 0.4) is 0 Å². The molecule has 0 N–H and O–H groups in total. The van der Waals surface area contributed by atoms with E-state index in [1.54, 1.807) is 19.1 Å². The van der Waals surface area contributed by atoms with Crippen LogP contribution in [0.1, 0.15) is 33.4 Å². The molecule has 0 aromatic heterocycles. The van der Waals surface area contributed by atoms with E-state index in [4.69, 9.17) is 9.47 Å². The second kappa shape index (κ2) is 10.5. The minimum Gasteiger partial charge on any atom is -0.496 e. The third kappa shape index (κ3) is 4.89. The number of hydrogen-bond donors (Lipinski definition) is 0. The molecule has 0 unspecified atom stereocenters. The molecule has 0 fully saturated rings. The number of hydrogen-bond acceptors (Lipinski definition) is 3. The molecule has 0 saturated carbocycles. The van der Waals surface area contributed by atoms with Crippen LogP contribution in [0, 0.1) is 0 Å². The molecular formula is C32H29NO3. The molecule has 0 saturated heterocycles. The van der Waals surface area contributed by atoms with Crippen molar-refractivity contribution >= 4 is 17.7 Å². The van der Waals surface area contributed by atoms with Crippen molar-refractivity contribution in [1.29, 1.82) is 0 Å². The highest BCUT2D eigenvalue weighted by Crippen LogP contribution is 2.34. The predicted octanol–water partition coefficient (Wildman–Crippen LogP) is 6.45. The minimum atomic E-state index is 0.00503. The summed E-state index contributed by atoms with van der Waals surface area (Å²) in [6, 6.07) is 30.6. The summed E-state index contributed by atoms with van der Waals surface area (Å²) in [5, 5.41) is 0. The third-order valence-electron chi connectivity index (χ3n) is 6.65. The molecule has 180 valence electrons. The first-order chi connectivity index (χ1) is 17.7. The zero-order valence-electron chi connectivity index (χ0n) is 20.6. The lowest BCUT2D eigenvalue weighted by molar-refractivity contribution is -0.117. The highest BCUT2D eigenvalue weighted by Gasteiger charge is 2.23. The van der Waals surface area contributed by atoms with Crippen molar-refractivity contribution in [2.24, 2.45) is 0 Å². The van der Waals surface area contributed by atoms with Gasteiger partial charge in [-0.05, 0) is 46.0 Å². The van der Waals surface area contributed by atoms with Gasteiger partial charge in [0.2, 0.25) is 5.91 Å². The minimum absolute atomic E-state index is 0.00503. The lowest BCUT2D eigenvalue weighted by Crippen LogP contribution is -2.26. The summed E-state index contributed by atoms with van der Waals surface area (Å²) in [5.74, 6) is 1.58. The van der Waals surface area contributed by atoms with Crippen LogP contribution < -0.4 is 14.4 Å². The number of benzene rings is 4. The Bertz CT molecular complexity index is 1390. The number of rotatable bonds is 7. The summed E-state index contributed by atoms with van der Waals surface area (Å²) in [7, 11) is 3.35. The van der Waals surface area contributed by atoms with Crippen molar-refractivity contribution in [1.82, 2.24) is 0 Å². The van der Waals surface area contributed by atoms with Crippen molar-refractivity contribution in [3.05, 3.63) is 131 Å². The Morgan fingerprint density at radius 2 is 1.42 bits per heavy atom. The maximum absolute atomic E-state index is 13.6. The molecule has 0 spiro atoms. The van der Waals surface area contributed by atoms with E-state index in [2.05, 4.69) is 24.3 Å². The molecule has 4 nitrogen and oxygen atoms in total. The maximum Gasteiger partial charge on any atom is 0.235 e. The van der Waals surface area contributed by atoms with E-state index in [1.807, 2.05) is 79.0 Å². The summed E-state index contributed by atoms with van der Waals surface area (Å²) < 4.78 is 11.4. The molecule has 4 aromatic carbocycles. The Morgan fingerprint density at radius 3 is 2.08 bits per heavy atom. The van der Waals surface area contributed by atoms with Gasteiger partial charge in [0.05, 0.1) is 26.3 Å².